The van der Waals surface area contributed by atoms with Gasteiger partial charge in [-0.25, -0.2) is 9.59 Å². The van der Waals surface area contributed by atoms with Crippen molar-refractivity contribution in [1.29, 1.82) is 0 Å². The summed E-state index contributed by atoms with van der Waals surface area (Å²) >= 11 is 0. The third-order valence-corrected chi connectivity index (χ3v) is 3.55. The number of carbonyl (C=O) groups is 2. The van der Waals surface area contributed by atoms with Gasteiger partial charge < -0.3 is 25.8 Å². The van der Waals surface area contributed by atoms with E-state index in [1.807, 2.05) is 0 Å². The quantitative estimate of drug-likeness (QED) is 0.561. The molecule has 0 aromatic rings. The lowest BCUT2D eigenvalue weighted by Gasteiger charge is -2.24. The summed E-state index contributed by atoms with van der Waals surface area (Å²) in [6.45, 7) is 2.22. The van der Waals surface area contributed by atoms with Gasteiger partial charge in [-0.1, -0.05) is 0 Å². The fourth-order valence-electron chi connectivity index (χ4n) is 2.45. The highest BCUT2D eigenvalue weighted by molar-refractivity contribution is 5.74. The molecule has 0 aliphatic carbocycles. The first kappa shape index (κ1) is 14.1. The molecule has 2 aliphatic heterocycles. The van der Waals surface area contributed by atoms with Crippen LogP contribution in [0.1, 0.15) is 25.7 Å². The smallest absolute Gasteiger partial charge is 0.332 e. The third kappa shape index (κ3) is 4.36. The van der Waals surface area contributed by atoms with Crippen molar-refractivity contribution in [2.24, 2.45) is 0 Å². The van der Waals surface area contributed by atoms with E-state index >= 15 is 0 Å². The number of carboxylic acids is 1. The lowest BCUT2D eigenvalue weighted by atomic mass is 10.1. The Bertz CT molecular complexity index is 331. The second-order valence-electron chi connectivity index (χ2n) is 5.04. The van der Waals surface area contributed by atoms with E-state index < -0.39 is 12.1 Å². The van der Waals surface area contributed by atoms with E-state index in [9.17, 15) is 9.59 Å². The SMILES string of the molecule is O=C(NCC1CCC(C(=O)O)O1)NC1CCNCC1. The topological polar surface area (TPSA) is 99.7 Å². The number of carbonyl (C=O) groups excluding carboxylic acids is 1. The largest absolute Gasteiger partial charge is 0.479 e. The average molecular weight is 271 g/mol. The van der Waals surface area contributed by atoms with Crippen LogP contribution >= 0.6 is 0 Å². The Morgan fingerprint density at radius 2 is 1.95 bits per heavy atom. The van der Waals surface area contributed by atoms with E-state index in [0.29, 0.717) is 19.4 Å². The van der Waals surface area contributed by atoms with Crippen molar-refractivity contribution in [3.63, 3.8) is 0 Å². The van der Waals surface area contributed by atoms with Crippen LogP contribution in [0.2, 0.25) is 0 Å². The van der Waals surface area contributed by atoms with Crippen LogP contribution in [0, 0.1) is 0 Å². The molecule has 0 saturated carbocycles. The highest BCUT2D eigenvalue weighted by atomic mass is 16.5. The van der Waals surface area contributed by atoms with Crippen LogP contribution in [0.15, 0.2) is 0 Å². The highest BCUT2D eigenvalue weighted by Crippen LogP contribution is 2.19. The van der Waals surface area contributed by atoms with Crippen molar-refractivity contribution in [2.75, 3.05) is 19.6 Å². The van der Waals surface area contributed by atoms with Gasteiger partial charge in [-0.2, -0.15) is 0 Å². The second-order valence-corrected chi connectivity index (χ2v) is 5.04. The molecule has 0 bridgehead atoms. The maximum atomic E-state index is 11.7. The molecule has 2 amide bonds. The Labute approximate surface area is 112 Å². The first-order valence-electron chi connectivity index (χ1n) is 6.78. The van der Waals surface area contributed by atoms with E-state index in [-0.39, 0.29) is 18.2 Å². The van der Waals surface area contributed by atoms with Gasteiger partial charge in [-0.15, -0.1) is 0 Å². The van der Waals surface area contributed by atoms with Crippen LogP contribution in [0.3, 0.4) is 0 Å². The molecule has 2 aliphatic rings. The lowest BCUT2D eigenvalue weighted by Crippen LogP contribution is -2.48. The molecule has 19 heavy (non-hydrogen) atoms. The number of nitrogens with one attached hydrogen (secondary N) is 3. The fourth-order valence-corrected chi connectivity index (χ4v) is 2.45. The average Bonchev–Trinajstić information content (AvgIpc) is 2.86. The van der Waals surface area contributed by atoms with E-state index in [1.165, 1.54) is 0 Å². The minimum atomic E-state index is -0.929. The molecule has 7 heteroatoms. The van der Waals surface area contributed by atoms with Crippen molar-refractivity contribution < 1.29 is 19.4 Å². The number of aliphatic carboxylic acids is 1. The summed E-state index contributed by atoms with van der Waals surface area (Å²) in [5.74, 6) is -0.929. The van der Waals surface area contributed by atoms with Crippen molar-refractivity contribution >= 4 is 12.0 Å². The Morgan fingerprint density at radius 3 is 2.58 bits per heavy atom. The van der Waals surface area contributed by atoms with E-state index in [0.717, 1.165) is 25.9 Å². The van der Waals surface area contributed by atoms with Crippen molar-refractivity contribution in [3.8, 4) is 0 Å². The van der Waals surface area contributed by atoms with Gasteiger partial charge in [-0.05, 0) is 38.8 Å². The number of amides is 2. The predicted octanol–water partition coefficient (Wildman–Crippen LogP) is -0.330. The van der Waals surface area contributed by atoms with Crippen molar-refractivity contribution in [3.05, 3.63) is 0 Å². The Balaban J connectivity index is 1.62. The summed E-state index contributed by atoms with van der Waals surface area (Å²) in [6, 6.07) is 0.0202. The molecule has 2 saturated heterocycles. The molecule has 2 fully saturated rings. The molecule has 108 valence electrons. The van der Waals surface area contributed by atoms with Crippen molar-refractivity contribution in [2.45, 2.75) is 43.9 Å². The van der Waals surface area contributed by atoms with Crippen LogP contribution in [0.25, 0.3) is 0 Å². The van der Waals surface area contributed by atoms with Crippen molar-refractivity contribution in [1.82, 2.24) is 16.0 Å². The predicted molar refractivity (Wildman–Crippen MR) is 68.0 cm³/mol. The van der Waals surface area contributed by atoms with Gasteiger partial charge >= 0.3 is 12.0 Å². The Morgan fingerprint density at radius 1 is 1.21 bits per heavy atom. The summed E-state index contributed by atoms with van der Waals surface area (Å²) < 4.78 is 5.31. The third-order valence-electron chi connectivity index (χ3n) is 3.55. The highest BCUT2D eigenvalue weighted by Gasteiger charge is 2.30. The molecular weight excluding hydrogens is 250 g/mol. The van der Waals surface area contributed by atoms with Gasteiger partial charge in [0.05, 0.1) is 6.10 Å². The molecule has 2 heterocycles. The van der Waals surface area contributed by atoms with Crippen LogP contribution < -0.4 is 16.0 Å². The zero-order chi connectivity index (χ0) is 13.7. The second kappa shape index (κ2) is 6.72. The number of ether oxygens (including phenoxy) is 1. The molecule has 4 N–H and O–H groups in total. The summed E-state index contributed by atoms with van der Waals surface area (Å²) in [5, 5.41) is 17.7. The first-order valence-corrected chi connectivity index (χ1v) is 6.78. The van der Waals surface area contributed by atoms with Gasteiger partial charge in [0.15, 0.2) is 6.10 Å². The van der Waals surface area contributed by atoms with Gasteiger partial charge in [0, 0.05) is 12.6 Å². The molecular formula is C12H21N3O4. The summed E-state index contributed by atoms with van der Waals surface area (Å²) in [5.41, 5.74) is 0. The number of rotatable bonds is 4. The number of hydrogen-bond acceptors (Lipinski definition) is 4. The molecule has 0 spiro atoms. The molecule has 0 aromatic carbocycles. The number of hydrogen-bond donors (Lipinski definition) is 4. The lowest BCUT2D eigenvalue weighted by molar-refractivity contribution is -0.149. The number of piperidine rings is 1. The molecule has 0 aromatic heterocycles. The minimum Gasteiger partial charge on any atom is -0.479 e. The standard InChI is InChI=1S/C12H21N3O4/c16-11(17)10-2-1-9(19-10)7-14-12(18)15-8-3-5-13-6-4-8/h8-10,13H,1-7H2,(H,16,17)(H2,14,15,18). The number of carboxylic acid groups (broad SMARTS) is 1. The van der Waals surface area contributed by atoms with Gasteiger partial charge in [0.2, 0.25) is 0 Å². The van der Waals surface area contributed by atoms with Crippen LogP contribution in [0.4, 0.5) is 4.79 Å². The van der Waals surface area contributed by atoms with Crippen LogP contribution in [-0.4, -0.2) is 55.0 Å². The fraction of sp³-hybridized carbons (Fsp3) is 0.833. The zero-order valence-electron chi connectivity index (χ0n) is 10.9. The van der Waals surface area contributed by atoms with Crippen LogP contribution in [0.5, 0.6) is 0 Å². The Kier molecular flexibility index (Phi) is 4.98. The van der Waals surface area contributed by atoms with Gasteiger partial charge in [-0.3, -0.25) is 0 Å². The Hall–Kier alpha value is -1.34. The van der Waals surface area contributed by atoms with E-state index in [4.69, 9.17) is 9.84 Å². The molecule has 2 unspecified atom stereocenters. The molecule has 2 atom stereocenters. The summed E-state index contributed by atoms with van der Waals surface area (Å²) in [7, 11) is 0. The molecule has 2 rings (SSSR count). The maximum absolute atomic E-state index is 11.7. The maximum Gasteiger partial charge on any atom is 0.332 e. The van der Waals surface area contributed by atoms with Gasteiger partial charge in [0.1, 0.15) is 0 Å². The number of urea groups is 1. The normalized spacial score (nSPS) is 28.0. The van der Waals surface area contributed by atoms with E-state index in [1.54, 1.807) is 0 Å². The van der Waals surface area contributed by atoms with Gasteiger partial charge in [0.25, 0.3) is 0 Å². The monoisotopic (exact) mass is 271 g/mol. The first-order chi connectivity index (χ1) is 9.15. The molecule has 7 nitrogen and oxygen atoms in total. The summed E-state index contributed by atoms with van der Waals surface area (Å²) in [4.78, 5) is 22.4. The summed E-state index contributed by atoms with van der Waals surface area (Å²) in [6.07, 6.45) is 2.14. The van der Waals surface area contributed by atoms with E-state index in [2.05, 4.69) is 16.0 Å². The minimum absolute atomic E-state index is 0.195. The molecule has 0 radical (unpaired) electrons. The zero-order valence-corrected chi connectivity index (χ0v) is 10.9. The van der Waals surface area contributed by atoms with Crippen LogP contribution in [-0.2, 0) is 9.53 Å².